The molecule has 1 aliphatic heterocycles. The number of amides is 1. The molecule has 4 nitrogen and oxygen atoms in total. The van der Waals surface area contributed by atoms with Gasteiger partial charge in [0.2, 0.25) is 5.91 Å². The lowest BCUT2D eigenvalue weighted by Crippen LogP contribution is -2.49. The number of halogens is 4. The van der Waals surface area contributed by atoms with Crippen molar-refractivity contribution in [3.63, 3.8) is 0 Å². The van der Waals surface area contributed by atoms with E-state index >= 15 is 0 Å². The van der Waals surface area contributed by atoms with Crippen LogP contribution in [0.4, 0.5) is 13.2 Å². The smallest absolute Gasteiger partial charge is 0.365 e. The summed E-state index contributed by atoms with van der Waals surface area (Å²) >= 11 is 0. The first-order chi connectivity index (χ1) is 15.3. The molecule has 2 atom stereocenters. The molecule has 1 heterocycles. The molecule has 1 saturated heterocycles. The number of morpholine rings is 1. The van der Waals surface area contributed by atoms with Gasteiger partial charge in [-0.1, -0.05) is 54.6 Å². The average molecular weight is 479 g/mol. The highest BCUT2D eigenvalue weighted by Gasteiger charge is 2.31. The third kappa shape index (κ3) is 6.05. The molecule has 176 valence electrons. The number of nitrogens with one attached hydrogen (secondary N) is 1. The van der Waals surface area contributed by atoms with Crippen LogP contribution in [0, 0.1) is 0 Å². The first-order valence-corrected chi connectivity index (χ1v) is 10.6. The lowest BCUT2D eigenvalue weighted by molar-refractivity contribution is -0.149. The zero-order valence-corrected chi connectivity index (χ0v) is 19.0. The molecule has 1 N–H and O–H groups in total. The van der Waals surface area contributed by atoms with Crippen molar-refractivity contribution >= 4 is 29.1 Å². The minimum Gasteiger partial charge on any atom is -0.365 e. The van der Waals surface area contributed by atoms with Crippen LogP contribution in [-0.4, -0.2) is 36.6 Å². The SMILES string of the molecule is C[C@@H](NCC1CN(Cc2cccc(C(F)(F)F)c2)C(=O)CO1)c1cccc2ccccc12.Cl. The van der Waals surface area contributed by atoms with Gasteiger partial charge < -0.3 is 15.0 Å². The second-order valence-corrected chi connectivity index (χ2v) is 8.10. The number of hydrogen-bond donors (Lipinski definition) is 1. The molecule has 0 saturated carbocycles. The van der Waals surface area contributed by atoms with E-state index < -0.39 is 11.7 Å². The largest absolute Gasteiger partial charge is 0.416 e. The third-order valence-electron chi connectivity index (χ3n) is 5.79. The number of carbonyl (C=O) groups is 1. The lowest BCUT2D eigenvalue weighted by atomic mass is 9.99. The Balaban J connectivity index is 0.00000306. The minimum atomic E-state index is -4.41. The maximum atomic E-state index is 13.0. The number of ether oxygens (including phenoxy) is 1. The average Bonchev–Trinajstić information content (AvgIpc) is 2.78. The zero-order chi connectivity index (χ0) is 22.7. The highest BCUT2D eigenvalue weighted by molar-refractivity contribution is 5.86. The Morgan fingerprint density at radius 2 is 1.82 bits per heavy atom. The van der Waals surface area contributed by atoms with Crippen molar-refractivity contribution < 1.29 is 22.7 Å². The molecule has 33 heavy (non-hydrogen) atoms. The predicted molar refractivity (Wildman–Crippen MR) is 124 cm³/mol. The molecular formula is C25H26ClF3N2O2. The molecule has 1 unspecified atom stereocenters. The van der Waals surface area contributed by atoms with Crippen molar-refractivity contribution in [2.24, 2.45) is 0 Å². The maximum Gasteiger partial charge on any atom is 0.416 e. The van der Waals surface area contributed by atoms with Crippen LogP contribution >= 0.6 is 12.4 Å². The van der Waals surface area contributed by atoms with Crippen molar-refractivity contribution in [3.05, 3.63) is 83.4 Å². The van der Waals surface area contributed by atoms with Gasteiger partial charge in [0.15, 0.2) is 0 Å². The van der Waals surface area contributed by atoms with Gasteiger partial charge in [-0.2, -0.15) is 13.2 Å². The fourth-order valence-electron chi connectivity index (χ4n) is 4.07. The van der Waals surface area contributed by atoms with Crippen LogP contribution in [0.1, 0.15) is 29.7 Å². The Hall–Kier alpha value is -2.61. The highest BCUT2D eigenvalue weighted by Crippen LogP contribution is 2.30. The van der Waals surface area contributed by atoms with Crippen LogP contribution in [0.3, 0.4) is 0 Å². The Bertz CT molecular complexity index is 1100. The molecule has 0 radical (unpaired) electrons. The van der Waals surface area contributed by atoms with Gasteiger partial charge in [-0.3, -0.25) is 4.79 Å². The van der Waals surface area contributed by atoms with E-state index in [1.165, 1.54) is 22.4 Å². The molecule has 1 fully saturated rings. The van der Waals surface area contributed by atoms with E-state index in [2.05, 4.69) is 36.5 Å². The molecular weight excluding hydrogens is 453 g/mol. The Kier molecular flexibility index (Phi) is 8.00. The molecule has 0 aromatic heterocycles. The number of hydrogen-bond acceptors (Lipinski definition) is 3. The second kappa shape index (κ2) is 10.5. The van der Waals surface area contributed by atoms with Crippen molar-refractivity contribution in [2.75, 3.05) is 19.7 Å². The number of fused-ring (bicyclic) bond motifs is 1. The fourth-order valence-corrected chi connectivity index (χ4v) is 4.07. The van der Waals surface area contributed by atoms with Gasteiger partial charge in [-0.15, -0.1) is 12.4 Å². The summed E-state index contributed by atoms with van der Waals surface area (Å²) in [6.07, 6.45) is -4.65. The van der Waals surface area contributed by atoms with Gasteiger partial charge in [0, 0.05) is 25.7 Å². The van der Waals surface area contributed by atoms with E-state index in [1.54, 1.807) is 11.0 Å². The molecule has 0 spiro atoms. The summed E-state index contributed by atoms with van der Waals surface area (Å²) in [6, 6.07) is 19.6. The number of alkyl halides is 3. The van der Waals surface area contributed by atoms with Crippen molar-refractivity contribution in [3.8, 4) is 0 Å². The fraction of sp³-hybridized carbons (Fsp3) is 0.320. The van der Waals surface area contributed by atoms with Crippen LogP contribution < -0.4 is 5.32 Å². The maximum absolute atomic E-state index is 13.0. The summed E-state index contributed by atoms with van der Waals surface area (Å²) in [5.41, 5.74) is 0.916. The second-order valence-electron chi connectivity index (χ2n) is 8.10. The van der Waals surface area contributed by atoms with E-state index in [0.717, 1.165) is 12.1 Å². The van der Waals surface area contributed by atoms with Crippen molar-refractivity contribution in [2.45, 2.75) is 31.8 Å². The number of benzene rings is 3. The molecule has 3 aromatic carbocycles. The van der Waals surface area contributed by atoms with E-state index in [4.69, 9.17) is 4.74 Å². The van der Waals surface area contributed by atoms with E-state index in [-0.39, 0.29) is 43.6 Å². The van der Waals surface area contributed by atoms with Crippen molar-refractivity contribution in [1.82, 2.24) is 10.2 Å². The highest BCUT2D eigenvalue weighted by atomic mass is 35.5. The number of rotatable bonds is 6. The molecule has 1 amide bonds. The summed E-state index contributed by atoms with van der Waals surface area (Å²) in [4.78, 5) is 13.9. The minimum absolute atomic E-state index is 0. The Labute approximate surface area is 197 Å². The lowest BCUT2D eigenvalue weighted by Gasteiger charge is -2.33. The summed E-state index contributed by atoms with van der Waals surface area (Å²) < 4.78 is 44.6. The van der Waals surface area contributed by atoms with Crippen LogP contribution in [0.15, 0.2) is 66.7 Å². The number of carbonyl (C=O) groups excluding carboxylic acids is 1. The Morgan fingerprint density at radius 3 is 2.61 bits per heavy atom. The predicted octanol–water partition coefficient (Wildman–Crippen LogP) is 5.36. The first kappa shape index (κ1) is 25.0. The van der Waals surface area contributed by atoms with Gasteiger partial charge in [0.25, 0.3) is 0 Å². The summed E-state index contributed by atoms with van der Waals surface area (Å²) in [5.74, 6) is -0.222. The monoisotopic (exact) mass is 478 g/mol. The van der Waals surface area contributed by atoms with Gasteiger partial charge in [0.05, 0.1) is 11.7 Å². The molecule has 1 aliphatic rings. The molecule has 0 bridgehead atoms. The molecule has 8 heteroatoms. The van der Waals surface area contributed by atoms with Crippen LogP contribution in [0.5, 0.6) is 0 Å². The first-order valence-electron chi connectivity index (χ1n) is 10.6. The quantitative estimate of drug-likeness (QED) is 0.518. The van der Waals surface area contributed by atoms with Crippen molar-refractivity contribution in [1.29, 1.82) is 0 Å². The van der Waals surface area contributed by atoms with Gasteiger partial charge in [0.1, 0.15) is 6.61 Å². The van der Waals surface area contributed by atoms with Crippen LogP contribution in [-0.2, 0) is 22.3 Å². The zero-order valence-electron chi connectivity index (χ0n) is 18.1. The van der Waals surface area contributed by atoms with E-state index in [9.17, 15) is 18.0 Å². The number of nitrogens with zero attached hydrogens (tertiary/aromatic N) is 1. The third-order valence-corrected chi connectivity index (χ3v) is 5.79. The summed E-state index contributed by atoms with van der Waals surface area (Å²) in [5, 5.41) is 5.83. The topological polar surface area (TPSA) is 41.6 Å². The van der Waals surface area contributed by atoms with Crippen LogP contribution in [0.2, 0.25) is 0 Å². The van der Waals surface area contributed by atoms with Gasteiger partial charge in [-0.25, -0.2) is 0 Å². The molecule has 3 aromatic rings. The van der Waals surface area contributed by atoms with Crippen LogP contribution in [0.25, 0.3) is 10.8 Å². The van der Waals surface area contributed by atoms with Gasteiger partial charge >= 0.3 is 6.18 Å². The van der Waals surface area contributed by atoms with E-state index in [1.807, 2.05) is 18.2 Å². The summed E-state index contributed by atoms with van der Waals surface area (Å²) in [7, 11) is 0. The normalized spacial score (nSPS) is 17.6. The Morgan fingerprint density at radius 1 is 1.09 bits per heavy atom. The standard InChI is InChI=1S/C25H25F3N2O2.ClH/c1-17(22-11-5-8-19-7-2-3-10-23(19)22)29-13-21-15-30(24(31)16-32-21)14-18-6-4-9-20(12-18)25(26,27)28;/h2-12,17,21,29H,13-16H2,1H3;1H/t17-,21?;/m1./s1. The molecule has 0 aliphatic carbocycles. The summed E-state index contributed by atoms with van der Waals surface area (Å²) in [6.45, 7) is 2.98. The molecule has 4 rings (SSSR count). The van der Waals surface area contributed by atoms with Gasteiger partial charge in [-0.05, 0) is 41.0 Å². The van der Waals surface area contributed by atoms with E-state index in [0.29, 0.717) is 18.7 Å².